The van der Waals surface area contributed by atoms with Gasteiger partial charge < -0.3 is 10.5 Å². The second kappa shape index (κ2) is 10.2. The van der Waals surface area contributed by atoms with E-state index in [-0.39, 0.29) is 17.5 Å². The molecule has 0 aliphatic heterocycles. The maximum Gasteiger partial charge on any atom is 0.289 e. The lowest BCUT2D eigenvalue weighted by Gasteiger charge is -2.14. The van der Waals surface area contributed by atoms with E-state index >= 15 is 0 Å². The molecule has 0 radical (unpaired) electrons. The molecule has 1 saturated carbocycles. The van der Waals surface area contributed by atoms with Gasteiger partial charge in [0.1, 0.15) is 0 Å². The third kappa shape index (κ3) is 5.80. The number of halogens is 1. The van der Waals surface area contributed by atoms with Gasteiger partial charge in [0.05, 0.1) is 11.1 Å². The van der Waals surface area contributed by atoms with E-state index in [1.54, 1.807) is 9.12 Å². The lowest BCUT2D eigenvalue weighted by Crippen LogP contribution is -2.25. The van der Waals surface area contributed by atoms with E-state index in [0.717, 1.165) is 22.2 Å². The van der Waals surface area contributed by atoms with Crippen molar-refractivity contribution in [3.63, 3.8) is 0 Å². The minimum atomic E-state index is -0.375. The molecule has 0 saturated heterocycles. The minimum Gasteiger partial charge on any atom is -0.407 e. The van der Waals surface area contributed by atoms with E-state index in [1.165, 1.54) is 12.8 Å². The molecule has 170 valence electrons. The van der Waals surface area contributed by atoms with E-state index in [2.05, 4.69) is 35.2 Å². The molecule has 0 spiro atoms. The van der Waals surface area contributed by atoms with Gasteiger partial charge in [0.25, 0.3) is 6.02 Å². The van der Waals surface area contributed by atoms with Gasteiger partial charge in [0, 0.05) is 70.8 Å². The molecule has 2 aromatic heterocycles. The van der Waals surface area contributed by atoms with Crippen LogP contribution < -0.4 is 5.73 Å². The third-order valence-electron chi connectivity index (χ3n) is 4.67. The van der Waals surface area contributed by atoms with Crippen LogP contribution in [0.4, 0.5) is 0 Å². The predicted octanol–water partition coefficient (Wildman–Crippen LogP) is 6.30. The maximum atomic E-state index is 8.34. The average Bonchev–Trinajstić information content (AvgIpc) is 3.54. The van der Waals surface area contributed by atoms with Crippen molar-refractivity contribution in [1.82, 2.24) is 13.9 Å². The summed E-state index contributed by atoms with van der Waals surface area (Å²) < 4.78 is 7.54. The number of hydrogen-bond donors (Lipinski definition) is 2. The molecule has 32 heavy (non-hydrogen) atoms. The van der Waals surface area contributed by atoms with Crippen LogP contribution >= 0.6 is 30.3 Å². The Balaban J connectivity index is 0.00000141. The average molecular weight is 564 g/mol. The molecule has 1 fully saturated rings. The van der Waals surface area contributed by atoms with Gasteiger partial charge in [0.15, 0.2) is 5.82 Å². The normalized spacial score (nSPS) is 14.1. The summed E-state index contributed by atoms with van der Waals surface area (Å²) in [5.74, 6) is 1.21. The number of nitrogens with two attached hydrogens (primary N) is 1. The van der Waals surface area contributed by atoms with E-state index in [4.69, 9.17) is 20.9 Å². The van der Waals surface area contributed by atoms with Crippen molar-refractivity contribution in [1.29, 1.82) is 5.41 Å². The Bertz CT molecular complexity index is 1150. The van der Waals surface area contributed by atoms with Gasteiger partial charge in [-0.15, -0.1) is 0 Å². The summed E-state index contributed by atoms with van der Waals surface area (Å²) >= 11 is 2.25. The number of aromatic nitrogens is 3. The van der Waals surface area contributed by atoms with Crippen molar-refractivity contribution in [2.24, 2.45) is 10.7 Å². The first kappa shape index (κ1) is 24.5. The van der Waals surface area contributed by atoms with Crippen LogP contribution in [0.15, 0.2) is 41.7 Å². The molecule has 1 aliphatic carbocycles. The Morgan fingerprint density at radius 2 is 2.00 bits per heavy atom. The SMILES string of the molecule is CC.CC(C)(C)N=C(N)OC(=N)c1ccc2c(c1)c(-c1nccc(C3CC3)n1)cn2SI. The first-order valence-electron chi connectivity index (χ1n) is 10.6. The number of fused-ring (bicyclic) bond motifs is 1. The summed E-state index contributed by atoms with van der Waals surface area (Å²) in [5.41, 5.74) is 9.17. The summed E-state index contributed by atoms with van der Waals surface area (Å²) in [6.45, 7) is 9.77. The van der Waals surface area contributed by atoms with Crippen molar-refractivity contribution in [3.05, 3.63) is 47.9 Å². The fourth-order valence-corrected chi connectivity index (χ4v) is 4.56. The first-order valence-corrected chi connectivity index (χ1v) is 14.0. The van der Waals surface area contributed by atoms with E-state index < -0.39 is 0 Å². The zero-order valence-corrected chi connectivity index (χ0v) is 22.0. The molecule has 4 rings (SSSR count). The predicted molar refractivity (Wildman–Crippen MR) is 143 cm³/mol. The number of benzene rings is 1. The number of amidine groups is 1. The monoisotopic (exact) mass is 564 g/mol. The molecule has 3 N–H and O–H groups in total. The largest absolute Gasteiger partial charge is 0.407 e. The summed E-state index contributed by atoms with van der Waals surface area (Å²) in [6.07, 6.45) is 6.25. The number of nitrogens with zero attached hydrogens (tertiary/aromatic N) is 4. The molecule has 3 aromatic rings. The van der Waals surface area contributed by atoms with Gasteiger partial charge >= 0.3 is 0 Å². The lowest BCUT2D eigenvalue weighted by atomic mass is 10.1. The number of ether oxygens (including phenoxy) is 1. The Morgan fingerprint density at radius 3 is 2.62 bits per heavy atom. The Labute approximate surface area is 205 Å². The van der Waals surface area contributed by atoms with Crippen LogP contribution in [0.3, 0.4) is 0 Å². The van der Waals surface area contributed by atoms with Gasteiger partial charge in [-0.3, -0.25) is 9.38 Å². The van der Waals surface area contributed by atoms with Crippen molar-refractivity contribution >= 4 is 53.1 Å². The fourth-order valence-electron chi connectivity index (χ4n) is 3.20. The highest BCUT2D eigenvalue weighted by atomic mass is 127. The van der Waals surface area contributed by atoms with Crippen molar-refractivity contribution in [2.45, 2.75) is 58.9 Å². The molecule has 0 bridgehead atoms. The van der Waals surface area contributed by atoms with Gasteiger partial charge in [-0.1, -0.05) is 13.8 Å². The Hall–Kier alpha value is -2.14. The zero-order valence-electron chi connectivity index (χ0n) is 19.0. The Kier molecular flexibility index (Phi) is 7.81. The molecule has 1 aliphatic rings. The van der Waals surface area contributed by atoms with E-state index in [9.17, 15) is 0 Å². The minimum absolute atomic E-state index is 0.0197. The van der Waals surface area contributed by atoms with Gasteiger partial charge in [-0.2, -0.15) is 0 Å². The molecule has 2 heterocycles. The van der Waals surface area contributed by atoms with Crippen molar-refractivity contribution in [2.75, 3.05) is 0 Å². The number of nitrogens with one attached hydrogen (secondary N) is 1. The van der Waals surface area contributed by atoms with Gasteiger partial charge in [-0.05, 0) is 57.9 Å². The van der Waals surface area contributed by atoms with Crippen molar-refractivity contribution in [3.8, 4) is 11.4 Å². The number of rotatable bonds is 4. The summed E-state index contributed by atoms with van der Waals surface area (Å²) in [5, 5.41) is 9.30. The summed E-state index contributed by atoms with van der Waals surface area (Å²) in [4.78, 5) is 13.6. The van der Waals surface area contributed by atoms with E-state index in [1.807, 2.05) is 71.3 Å². The lowest BCUT2D eigenvalue weighted by molar-refractivity contribution is 0.495. The summed E-state index contributed by atoms with van der Waals surface area (Å²) in [6, 6.07) is 7.73. The molecule has 9 heteroatoms. The molecule has 1 aromatic carbocycles. The van der Waals surface area contributed by atoms with Crippen LogP contribution in [-0.2, 0) is 4.74 Å². The highest BCUT2D eigenvalue weighted by Gasteiger charge is 2.26. The van der Waals surface area contributed by atoms with Crippen LogP contribution in [0.5, 0.6) is 0 Å². The number of aliphatic imine (C=N–C) groups is 1. The number of hydrogen-bond acceptors (Lipinski definition) is 6. The first-order chi connectivity index (χ1) is 15.2. The van der Waals surface area contributed by atoms with Crippen LogP contribution in [0.25, 0.3) is 22.3 Å². The fraction of sp³-hybridized carbons (Fsp3) is 0.391. The topological polar surface area (TPSA) is 102 Å². The highest BCUT2D eigenvalue weighted by Crippen LogP contribution is 2.40. The van der Waals surface area contributed by atoms with Crippen LogP contribution in [0.1, 0.15) is 64.6 Å². The quantitative estimate of drug-likeness (QED) is 0.220. The van der Waals surface area contributed by atoms with Gasteiger partial charge in [0.2, 0.25) is 5.90 Å². The zero-order chi connectivity index (χ0) is 23.5. The molecular formula is C23H29IN6OS. The highest BCUT2D eigenvalue weighted by molar-refractivity contribution is 14.2. The van der Waals surface area contributed by atoms with Crippen LogP contribution in [-0.4, -0.2) is 31.4 Å². The Morgan fingerprint density at radius 1 is 1.28 bits per heavy atom. The molecule has 0 amide bonds. The molecule has 0 atom stereocenters. The van der Waals surface area contributed by atoms with Crippen molar-refractivity contribution < 1.29 is 4.74 Å². The molecule has 0 unspecified atom stereocenters. The van der Waals surface area contributed by atoms with E-state index in [0.29, 0.717) is 17.3 Å². The molecule has 7 nitrogen and oxygen atoms in total. The second-order valence-corrected chi connectivity index (χ2v) is 10.0. The summed E-state index contributed by atoms with van der Waals surface area (Å²) in [7, 11) is 1.57. The molecular weight excluding hydrogens is 535 g/mol. The van der Waals surface area contributed by atoms with Crippen LogP contribution in [0.2, 0.25) is 0 Å². The second-order valence-electron chi connectivity index (χ2n) is 8.30. The third-order valence-corrected chi connectivity index (χ3v) is 6.40. The maximum absolute atomic E-state index is 8.34. The smallest absolute Gasteiger partial charge is 0.289 e. The van der Waals surface area contributed by atoms with Crippen LogP contribution in [0, 0.1) is 5.41 Å². The standard InChI is InChI=1S/C21H23IN6OS.C2H6/c1-21(2,3)27-20(24)29-18(23)13-6-7-17-14(10-13)15(11-28(17)30-22)19-25-9-8-16(26-19)12-4-5-12;1-2/h6-12,23H,4-5H2,1-3H3,(H2,24,27);1-2H3. The van der Waals surface area contributed by atoms with Gasteiger partial charge in [-0.25, -0.2) is 15.0 Å².